The summed E-state index contributed by atoms with van der Waals surface area (Å²) in [7, 11) is 1.29. The third-order valence-electron chi connectivity index (χ3n) is 5.82. The number of aromatic nitrogens is 1. The van der Waals surface area contributed by atoms with Crippen molar-refractivity contribution in [3.05, 3.63) is 63.9 Å². The molecule has 1 aliphatic rings. The van der Waals surface area contributed by atoms with E-state index in [4.69, 9.17) is 27.9 Å². The number of hydrogen-bond donors (Lipinski definition) is 1. The fourth-order valence-corrected chi connectivity index (χ4v) is 4.99. The van der Waals surface area contributed by atoms with Crippen LogP contribution in [0.4, 0.5) is 0 Å². The van der Waals surface area contributed by atoms with Crippen LogP contribution < -0.4 is 5.32 Å². The number of piperidine rings is 1. The van der Waals surface area contributed by atoms with E-state index in [1.165, 1.54) is 24.9 Å². The van der Waals surface area contributed by atoms with Crippen molar-refractivity contribution >= 4 is 58.8 Å². The lowest BCUT2D eigenvalue weighted by Crippen LogP contribution is -2.48. The molecule has 0 unspecified atom stereocenters. The number of esters is 1. The van der Waals surface area contributed by atoms with Crippen molar-refractivity contribution in [2.75, 3.05) is 26.5 Å². The van der Waals surface area contributed by atoms with Crippen molar-refractivity contribution in [3.8, 4) is 0 Å². The fourth-order valence-electron chi connectivity index (χ4n) is 3.81. The van der Waals surface area contributed by atoms with Crippen LogP contribution in [0, 0.1) is 5.92 Å². The van der Waals surface area contributed by atoms with Crippen molar-refractivity contribution in [3.63, 3.8) is 0 Å². The number of ether oxygens (including phenoxy) is 1. The highest BCUT2D eigenvalue weighted by atomic mass is 35.5. The van der Waals surface area contributed by atoms with Crippen molar-refractivity contribution in [1.82, 2.24) is 15.2 Å². The Morgan fingerprint density at radius 2 is 1.94 bits per heavy atom. The number of nitrogens with zero attached hydrogens (tertiary/aromatic N) is 2. The molecule has 1 saturated heterocycles. The number of carbonyl (C=O) groups excluding carboxylic acids is 3. The smallest absolute Gasteiger partial charge is 0.328 e. The van der Waals surface area contributed by atoms with Crippen LogP contribution in [-0.4, -0.2) is 60.2 Å². The summed E-state index contributed by atoms with van der Waals surface area (Å²) >= 11 is 14.1. The summed E-state index contributed by atoms with van der Waals surface area (Å²) in [5, 5.41) is 3.67. The summed E-state index contributed by atoms with van der Waals surface area (Å²) < 4.78 is 4.85. The second-order valence-corrected chi connectivity index (χ2v) is 9.63. The summed E-state index contributed by atoms with van der Waals surface area (Å²) in [6, 6.07) is 8.26. The van der Waals surface area contributed by atoms with Crippen LogP contribution in [0.15, 0.2) is 47.5 Å². The monoisotopic (exact) mass is 535 g/mol. The zero-order valence-corrected chi connectivity index (χ0v) is 21.8. The Labute approximate surface area is 219 Å². The van der Waals surface area contributed by atoms with Gasteiger partial charge in [0.25, 0.3) is 0 Å². The summed E-state index contributed by atoms with van der Waals surface area (Å²) in [5.41, 5.74) is 1.35. The van der Waals surface area contributed by atoms with Gasteiger partial charge in [0.2, 0.25) is 11.8 Å². The van der Waals surface area contributed by atoms with E-state index in [2.05, 4.69) is 10.3 Å². The number of thioether (sulfide) groups is 1. The summed E-state index contributed by atoms with van der Waals surface area (Å²) in [6.07, 6.45) is 7.90. The molecule has 0 aliphatic carbocycles. The molecular formula is C25H27Cl2N3O4S. The molecule has 2 aromatic rings. The minimum Gasteiger partial charge on any atom is -0.467 e. The van der Waals surface area contributed by atoms with Gasteiger partial charge in [0, 0.05) is 48.3 Å². The zero-order chi connectivity index (χ0) is 25.4. The molecule has 0 bridgehead atoms. The van der Waals surface area contributed by atoms with Crippen LogP contribution in [0.25, 0.3) is 6.08 Å². The topological polar surface area (TPSA) is 88.6 Å². The van der Waals surface area contributed by atoms with Crippen LogP contribution in [0.2, 0.25) is 10.0 Å². The summed E-state index contributed by atoms with van der Waals surface area (Å²) in [6.45, 7) is 0.870. The molecule has 1 aliphatic heterocycles. The second-order valence-electron chi connectivity index (χ2n) is 8.03. The van der Waals surface area contributed by atoms with Gasteiger partial charge >= 0.3 is 5.97 Å². The van der Waals surface area contributed by atoms with E-state index in [1.807, 2.05) is 24.5 Å². The number of carbonyl (C=O) groups is 3. The largest absolute Gasteiger partial charge is 0.467 e. The van der Waals surface area contributed by atoms with E-state index < -0.39 is 12.0 Å². The van der Waals surface area contributed by atoms with Gasteiger partial charge in [-0.3, -0.25) is 14.6 Å². The quantitative estimate of drug-likeness (QED) is 0.308. The first kappa shape index (κ1) is 27.0. The minimum atomic E-state index is -0.820. The maximum atomic E-state index is 12.8. The number of nitrogens with one attached hydrogen (secondary N) is 1. The highest BCUT2D eigenvalue weighted by Crippen LogP contribution is 2.35. The molecule has 35 heavy (non-hydrogen) atoms. The summed E-state index contributed by atoms with van der Waals surface area (Å²) in [4.78, 5) is 44.5. The Morgan fingerprint density at radius 3 is 2.57 bits per heavy atom. The van der Waals surface area contributed by atoms with Crippen LogP contribution in [0.5, 0.6) is 0 Å². The molecule has 2 amide bonds. The first-order chi connectivity index (χ1) is 16.8. The molecule has 1 N–H and O–H groups in total. The van der Waals surface area contributed by atoms with Crippen LogP contribution in [-0.2, 0) is 25.5 Å². The molecular weight excluding hydrogens is 509 g/mol. The Kier molecular flexibility index (Phi) is 10.0. The van der Waals surface area contributed by atoms with Gasteiger partial charge in [0.15, 0.2) is 0 Å². The second kappa shape index (κ2) is 13.0. The molecule has 3 rings (SSSR count). The van der Waals surface area contributed by atoms with Crippen LogP contribution in [0.1, 0.15) is 24.1 Å². The van der Waals surface area contributed by atoms with E-state index >= 15 is 0 Å². The van der Waals surface area contributed by atoms with Crippen molar-refractivity contribution < 1.29 is 19.1 Å². The van der Waals surface area contributed by atoms with Gasteiger partial charge in [0.05, 0.1) is 17.2 Å². The Hall–Kier alpha value is -2.55. The predicted molar refractivity (Wildman–Crippen MR) is 138 cm³/mol. The molecule has 7 nitrogen and oxygen atoms in total. The number of benzene rings is 1. The van der Waals surface area contributed by atoms with Crippen molar-refractivity contribution in [2.45, 2.75) is 30.2 Å². The molecule has 186 valence electrons. The van der Waals surface area contributed by atoms with Gasteiger partial charge in [-0.05, 0) is 48.9 Å². The lowest BCUT2D eigenvalue weighted by Gasteiger charge is -2.31. The van der Waals surface area contributed by atoms with E-state index in [0.717, 1.165) is 4.90 Å². The number of methoxy groups -OCH3 is 1. The number of hydrogen-bond acceptors (Lipinski definition) is 6. The first-order valence-electron chi connectivity index (χ1n) is 11.1. The number of rotatable bonds is 8. The lowest BCUT2D eigenvalue weighted by molar-refractivity contribution is -0.145. The number of amides is 2. The Morgan fingerprint density at radius 1 is 1.20 bits per heavy atom. The molecule has 1 atom stereocenters. The van der Waals surface area contributed by atoms with Crippen LogP contribution in [0.3, 0.4) is 0 Å². The molecule has 1 aromatic heterocycles. The minimum absolute atomic E-state index is 0.160. The standard InChI is InChI=1S/C25H27Cl2N3O4S/c1-34-25(33)19(15-18-5-3-4-12-28-18)29-24(32)17-10-13-30(14-11-17)21(31)9-7-16-6-8-20(35-2)23(27)22(16)26/h3-9,12,17,19H,10-11,13-15H2,1-2H3,(H,29,32)/b9-7+/t19-/m0/s1. The Bertz CT molecular complexity index is 1090. The van der Waals surface area contributed by atoms with Gasteiger partial charge in [-0.1, -0.05) is 35.3 Å². The zero-order valence-electron chi connectivity index (χ0n) is 19.5. The lowest BCUT2D eigenvalue weighted by atomic mass is 9.95. The SMILES string of the molecule is COC(=O)[C@H](Cc1ccccn1)NC(=O)C1CCN(C(=O)/C=C/c2ccc(SC)c(Cl)c2Cl)CC1. The van der Waals surface area contributed by atoms with Gasteiger partial charge in [-0.25, -0.2) is 4.79 Å². The normalized spacial score (nSPS) is 15.1. The average molecular weight is 536 g/mol. The number of likely N-dealkylation sites (tertiary alicyclic amines) is 1. The number of halogens is 2. The molecule has 0 radical (unpaired) electrons. The highest BCUT2D eigenvalue weighted by Gasteiger charge is 2.30. The van der Waals surface area contributed by atoms with E-state index in [0.29, 0.717) is 47.2 Å². The van der Waals surface area contributed by atoms with Crippen molar-refractivity contribution in [1.29, 1.82) is 0 Å². The molecule has 0 spiro atoms. The van der Waals surface area contributed by atoms with Gasteiger partial charge < -0.3 is 15.0 Å². The fraction of sp³-hybridized carbons (Fsp3) is 0.360. The van der Waals surface area contributed by atoms with Gasteiger partial charge in [-0.15, -0.1) is 11.8 Å². The van der Waals surface area contributed by atoms with Crippen molar-refractivity contribution in [2.24, 2.45) is 5.92 Å². The summed E-state index contributed by atoms with van der Waals surface area (Å²) in [5.74, 6) is -1.21. The third kappa shape index (κ3) is 7.22. The predicted octanol–water partition coefficient (Wildman–Crippen LogP) is 4.26. The number of pyridine rings is 1. The van der Waals surface area contributed by atoms with E-state index in [1.54, 1.807) is 29.3 Å². The van der Waals surface area contributed by atoms with Gasteiger partial charge in [-0.2, -0.15) is 0 Å². The molecule has 1 fully saturated rings. The highest BCUT2D eigenvalue weighted by molar-refractivity contribution is 7.98. The molecule has 0 saturated carbocycles. The maximum absolute atomic E-state index is 12.8. The van der Waals surface area contributed by atoms with E-state index in [9.17, 15) is 14.4 Å². The van der Waals surface area contributed by atoms with E-state index in [-0.39, 0.29) is 24.2 Å². The third-order valence-corrected chi connectivity index (χ3v) is 7.61. The van der Waals surface area contributed by atoms with Crippen LogP contribution >= 0.6 is 35.0 Å². The molecule has 2 heterocycles. The molecule has 1 aromatic carbocycles. The first-order valence-corrected chi connectivity index (χ1v) is 13.1. The molecule has 10 heteroatoms. The average Bonchev–Trinajstić information content (AvgIpc) is 2.89. The Balaban J connectivity index is 1.55. The van der Waals surface area contributed by atoms with Gasteiger partial charge in [0.1, 0.15) is 6.04 Å². The maximum Gasteiger partial charge on any atom is 0.328 e.